The van der Waals surface area contributed by atoms with Crippen molar-refractivity contribution in [1.29, 1.82) is 0 Å². The summed E-state index contributed by atoms with van der Waals surface area (Å²) in [7, 11) is -3.71. The molecule has 5 nitrogen and oxygen atoms in total. The van der Waals surface area contributed by atoms with E-state index in [4.69, 9.17) is 16.0 Å². The molecule has 0 saturated heterocycles. The summed E-state index contributed by atoms with van der Waals surface area (Å²) < 4.78 is 31.8. The summed E-state index contributed by atoms with van der Waals surface area (Å²) in [6, 6.07) is 3.07. The van der Waals surface area contributed by atoms with Crippen LogP contribution in [0.15, 0.2) is 44.6 Å². The first-order chi connectivity index (χ1) is 8.49. The lowest BCUT2D eigenvalue weighted by molar-refractivity contribution is 0.561. The van der Waals surface area contributed by atoms with Gasteiger partial charge in [-0.2, -0.15) is 0 Å². The lowest BCUT2D eigenvalue weighted by Crippen LogP contribution is -2.23. The third-order valence-corrected chi connectivity index (χ3v) is 4.37. The summed E-state index contributed by atoms with van der Waals surface area (Å²) in [4.78, 5) is 3.70. The maximum Gasteiger partial charge on any atom is 0.243 e. The van der Waals surface area contributed by atoms with Crippen LogP contribution in [-0.4, -0.2) is 13.4 Å². The highest BCUT2D eigenvalue weighted by molar-refractivity contribution is 9.10. The lowest BCUT2D eigenvalue weighted by atomic mass is 10.4. The van der Waals surface area contributed by atoms with Crippen LogP contribution >= 0.6 is 27.5 Å². The second kappa shape index (κ2) is 5.40. The van der Waals surface area contributed by atoms with Gasteiger partial charge in [-0.15, -0.1) is 0 Å². The Kier molecular flexibility index (Phi) is 4.06. The number of furan rings is 1. The second-order valence-electron chi connectivity index (χ2n) is 3.40. The fourth-order valence-electron chi connectivity index (χ4n) is 1.24. The fourth-order valence-corrected chi connectivity index (χ4v) is 3.20. The summed E-state index contributed by atoms with van der Waals surface area (Å²) in [6.07, 6.45) is 4.36. The van der Waals surface area contributed by atoms with Gasteiger partial charge >= 0.3 is 0 Å². The van der Waals surface area contributed by atoms with E-state index in [9.17, 15) is 8.42 Å². The Hall–Kier alpha value is -0.890. The molecule has 0 aliphatic rings. The maximum absolute atomic E-state index is 12.0. The Morgan fingerprint density at radius 3 is 2.94 bits per heavy atom. The van der Waals surface area contributed by atoms with Gasteiger partial charge in [0.25, 0.3) is 0 Å². The van der Waals surface area contributed by atoms with Gasteiger partial charge in [0, 0.05) is 22.8 Å². The van der Waals surface area contributed by atoms with Crippen LogP contribution in [0.4, 0.5) is 0 Å². The van der Waals surface area contributed by atoms with E-state index in [1.807, 2.05) is 0 Å². The predicted molar refractivity (Wildman–Crippen MR) is 69.7 cm³/mol. The van der Waals surface area contributed by atoms with Crippen LogP contribution in [0, 0.1) is 0 Å². The fraction of sp³-hybridized carbons (Fsp3) is 0.100. The van der Waals surface area contributed by atoms with Crippen LogP contribution < -0.4 is 4.72 Å². The van der Waals surface area contributed by atoms with Gasteiger partial charge in [0.2, 0.25) is 10.0 Å². The van der Waals surface area contributed by atoms with Crippen molar-refractivity contribution in [3.63, 3.8) is 0 Å². The van der Waals surface area contributed by atoms with E-state index in [2.05, 4.69) is 25.6 Å². The van der Waals surface area contributed by atoms with Crippen molar-refractivity contribution in [2.24, 2.45) is 0 Å². The molecule has 2 aromatic heterocycles. The van der Waals surface area contributed by atoms with E-state index in [0.29, 0.717) is 4.47 Å². The number of pyridine rings is 1. The van der Waals surface area contributed by atoms with E-state index in [1.165, 1.54) is 24.8 Å². The zero-order valence-corrected chi connectivity index (χ0v) is 12.1. The van der Waals surface area contributed by atoms with Crippen molar-refractivity contribution in [2.75, 3.05) is 0 Å². The number of rotatable bonds is 4. The van der Waals surface area contributed by atoms with Gasteiger partial charge < -0.3 is 4.42 Å². The largest absolute Gasteiger partial charge is 0.472 e. The average Bonchev–Trinajstić information content (AvgIpc) is 2.83. The zero-order valence-electron chi connectivity index (χ0n) is 8.93. The number of halogens is 2. The van der Waals surface area contributed by atoms with Crippen molar-refractivity contribution in [3.8, 4) is 0 Å². The standard InChI is InChI=1S/C10H8BrClN2O3S/c11-8-3-9(10(12)13-5-8)18(15,16)14-4-7-1-2-17-6-7/h1-3,5-6,14H,4H2. The summed E-state index contributed by atoms with van der Waals surface area (Å²) in [5.74, 6) is 0. The molecule has 8 heteroatoms. The maximum atomic E-state index is 12.0. The summed E-state index contributed by atoms with van der Waals surface area (Å²) in [5, 5.41) is -0.0714. The molecule has 2 rings (SSSR count). The summed E-state index contributed by atoms with van der Waals surface area (Å²) in [5.41, 5.74) is 0.720. The SMILES string of the molecule is O=S(=O)(NCc1ccoc1)c1cc(Br)cnc1Cl. The lowest BCUT2D eigenvalue weighted by Gasteiger charge is -2.07. The topological polar surface area (TPSA) is 72.2 Å². The molecule has 0 radical (unpaired) electrons. The molecule has 0 atom stereocenters. The van der Waals surface area contributed by atoms with E-state index in [1.54, 1.807) is 6.07 Å². The van der Waals surface area contributed by atoms with Crippen LogP contribution in [0.2, 0.25) is 5.15 Å². The minimum atomic E-state index is -3.71. The Bertz CT molecular complexity index is 643. The smallest absolute Gasteiger partial charge is 0.243 e. The Balaban J connectivity index is 2.22. The molecule has 0 bridgehead atoms. The second-order valence-corrected chi connectivity index (χ2v) is 6.41. The van der Waals surface area contributed by atoms with Gasteiger partial charge in [0.05, 0.1) is 12.5 Å². The third-order valence-electron chi connectivity index (χ3n) is 2.11. The van der Waals surface area contributed by atoms with Crippen molar-refractivity contribution in [1.82, 2.24) is 9.71 Å². The molecular formula is C10H8BrClN2O3S. The molecule has 0 aliphatic heterocycles. The molecule has 0 saturated carbocycles. The summed E-state index contributed by atoms with van der Waals surface area (Å²) >= 11 is 8.92. The monoisotopic (exact) mass is 350 g/mol. The molecule has 0 fully saturated rings. The first-order valence-electron chi connectivity index (χ1n) is 4.81. The highest BCUT2D eigenvalue weighted by Gasteiger charge is 2.19. The zero-order chi connectivity index (χ0) is 13.2. The molecule has 18 heavy (non-hydrogen) atoms. The van der Waals surface area contributed by atoms with E-state index >= 15 is 0 Å². The molecule has 0 spiro atoms. The van der Waals surface area contributed by atoms with Crippen molar-refractivity contribution in [2.45, 2.75) is 11.4 Å². The van der Waals surface area contributed by atoms with Crippen molar-refractivity contribution >= 4 is 37.6 Å². The molecule has 2 heterocycles. The van der Waals surface area contributed by atoms with Gasteiger partial charge in [-0.05, 0) is 28.1 Å². The number of nitrogens with one attached hydrogen (secondary N) is 1. The van der Waals surface area contributed by atoms with Gasteiger partial charge in [-0.3, -0.25) is 0 Å². The van der Waals surface area contributed by atoms with E-state index in [0.717, 1.165) is 5.56 Å². The number of sulfonamides is 1. The normalized spacial score (nSPS) is 11.7. The number of nitrogens with zero attached hydrogens (tertiary/aromatic N) is 1. The van der Waals surface area contributed by atoms with Gasteiger partial charge in [-0.25, -0.2) is 18.1 Å². The van der Waals surface area contributed by atoms with Crippen molar-refractivity contribution < 1.29 is 12.8 Å². The molecule has 0 aliphatic carbocycles. The highest BCUT2D eigenvalue weighted by Crippen LogP contribution is 2.22. The Labute approximate surface area is 117 Å². The third kappa shape index (κ3) is 3.11. The van der Waals surface area contributed by atoms with E-state index in [-0.39, 0.29) is 16.6 Å². The first-order valence-corrected chi connectivity index (χ1v) is 7.46. The number of hydrogen-bond donors (Lipinski definition) is 1. The summed E-state index contributed by atoms with van der Waals surface area (Å²) in [6.45, 7) is 0.127. The Morgan fingerprint density at radius 2 is 2.28 bits per heavy atom. The molecular weight excluding hydrogens is 344 g/mol. The van der Waals surface area contributed by atoms with Crippen molar-refractivity contribution in [3.05, 3.63) is 46.0 Å². The molecule has 96 valence electrons. The van der Waals surface area contributed by atoms with Crippen LogP contribution in [0.25, 0.3) is 0 Å². The van der Waals surface area contributed by atoms with Crippen LogP contribution in [0.5, 0.6) is 0 Å². The minimum absolute atomic E-state index is 0.0676. The molecule has 1 N–H and O–H groups in total. The van der Waals surface area contributed by atoms with Gasteiger partial charge in [0.15, 0.2) is 0 Å². The Morgan fingerprint density at radius 1 is 1.50 bits per heavy atom. The van der Waals surface area contributed by atoms with E-state index < -0.39 is 10.0 Å². The molecule has 2 aromatic rings. The quantitative estimate of drug-likeness (QED) is 0.859. The predicted octanol–water partition coefficient (Wildman–Crippen LogP) is 2.57. The minimum Gasteiger partial charge on any atom is -0.472 e. The number of aromatic nitrogens is 1. The highest BCUT2D eigenvalue weighted by atomic mass is 79.9. The number of hydrogen-bond acceptors (Lipinski definition) is 4. The average molecular weight is 352 g/mol. The van der Waals surface area contributed by atoms with Crippen LogP contribution in [-0.2, 0) is 16.6 Å². The van der Waals surface area contributed by atoms with Crippen LogP contribution in [0.3, 0.4) is 0 Å². The molecule has 0 unspecified atom stereocenters. The van der Waals surface area contributed by atoms with Gasteiger partial charge in [-0.1, -0.05) is 11.6 Å². The first kappa shape index (κ1) is 13.5. The van der Waals surface area contributed by atoms with Gasteiger partial charge in [0.1, 0.15) is 10.0 Å². The van der Waals surface area contributed by atoms with Crippen LogP contribution in [0.1, 0.15) is 5.56 Å². The molecule has 0 amide bonds. The molecule has 0 aromatic carbocycles.